The van der Waals surface area contributed by atoms with E-state index < -0.39 is 10.0 Å². The van der Waals surface area contributed by atoms with Gasteiger partial charge in [-0.3, -0.25) is 4.79 Å². The summed E-state index contributed by atoms with van der Waals surface area (Å²) in [5.74, 6) is 0.886. The van der Waals surface area contributed by atoms with Crippen LogP contribution in [0, 0.1) is 6.92 Å². The van der Waals surface area contributed by atoms with Crippen LogP contribution in [0.4, 0.5) is 5.69 Å². The van der Waals surface area contributed by atoms with Gasteiger partial charge >= 0.3 is 0 Å². The first-order valence-corrected chi connectivity index (χ1v) is 10.7. The molecule has 3 aromatic rings. The number of nitrogens with zero attached hydrogens (tertiary/aromatic N) is 3. The molecule has 1 aliphatic rings. The third-order valence-corrected chi connectivity index (χ3v) is 6.59. The minimum absolute atomic E-state index is 0.0274. The number of hydrogen-bond acceptors (Lipinski definition) is 4. The topological polar surface area (TPSA) is 84.3 Å². The molecule has 0 aliphatic carbocycles. The quantitative estimate of drug-likeness (QED) is 0.646. The molecule has 2 aromatic carbocycles. The van der Waals surface area contributed by atoms with Gasteiger partial charge in [-0.25, -0.2) is 18.1 Å². The lowest BCUT2D eigenvalue weighted by Crippen LogP contribution is -2.25. The lowest BCUT2D eigenvalue weighted by Gasteiger charge is -2.12. The van der Waals surface area contributed by atoms with Gasteiger partial charge in [0.15, 0.2) is 0 Å². The number of imidazole rings is 1. The molecule has 146 valence electrons. The number of nitrogens with one attached hydrogen (secondary N) is 1. The van der Waals surface area contributed by atoms with Crippen molar-refractivity contribution in [3.05, 3.63) is 53.9 Å². The van der Waals surface area contributed by atoms with Crippen molar-refractivity contribution in [3.63, 3.8) is 0 Å². The minimum atomic E-state index is -3.62. The molecule has 7 nitrogen and oxygen atoms in total. The summed E-state index contributed by atoms with van der Waals surface area (Å²) >= 11 is 0. The van der Waals surface area contributed by atoms with E-state index in [9.17, 15) is 13.2 Å². The Bertz CT molecular complexity index is 1170. The van der Waals surface area contributed by atoms with Gasteiger partial charge < -0.3 is 9.47 Å². The fourth-order valence-electron chi connectivity index (χ4n) is 3.62. The first-order chi connectivity index (χ1) is 13.4. The molecule has 0 bridgehead atoms. The number of anilines is 1. The second-order valence-corrected chi connectivity index (χ2v) is 8.74. The highest BCUT2D eigenvalue weighted by Gasteiger charge is 2.26. The summed E-state index contributed by atoms with van der Waals surface area (Å²) in [6.07, 6.45) is 0.884. The van der Waals surface area contributed by atoms with E-state index in [1.165, 1.54) is 0 Å². The number of carbonyl (C=O) groups is 1. The first kappa shape index (κ1) is 18.6. The fraction of sp³-hybridized carbons (Fsp3) is 0.300. The second-order valence-electron chi connectivity index (χ2n) is 6.97. The summed E-state index contributed by atoms with van der Waals surface area (Å²) in [4.78, 5) is 18.1. The number of benzene rings is 2. The average Bonchev–Trinajstić information content (AvgIpc) is 3.14. The first-order valence-electron chi connectivity index (χ1n) is 9.18. The summed E-state index contributed by atoms with van der Waals surface area (Å²) < 4.78 is 30.0. The van der Waals surface area contributed by atoms with Crippen LogP contribution in [0.3, 0.4) is 0 Å². The SMILES string of the molecule is Cc1nc2ccccc2n1CCCNS(=O)(=O)c1ccc2c(c1)CC(=O)N2C. The zero-order valence-corrected chi connectivity index (χ0v) is 16.7. The smallest absolute Gasteiger partial charge is 0.240 e. The Morgan fingerprint density at radius 2 is 1.96 bits per heavy atom. The van der Waals surface area contributed by atoms with Crippen LogP contribution in [0.2, 0.25) is 0 Å². The molecule has 0 radical (unpaired) electrons. The minimum Gasteiger partial charge on any atom is -0.328 e. The molecule has 1 aliphatic heterocycles. The zero-order valence-electron chi connectivity index (χ0n) is 15.8. The van der Waals surface area contributed by atoms with Crippen molar-refractivity contribution in [2.75, 3.05) is 18.5 Å². The van der Waals surface area contributed by atoms with Gasteiger partial charge in [0, 0.05) is 25.8 Å². The van der Waals surface area contributed by atoms with Crippen molar-refractivity contribution in [1.82, 2.24) is 14.3 Å². The summed E-state index contributed by atoms with van der Waals surface area (Å²) in [5, 5.41) is 0. The maximum absolute atomic E-state index is 12.6. The van der Waals surface area contributed by atoms with Crippen LogP contribution in [0.25, 0.3) is 11.0 Å². The van der Waals surface area contributed by atoms with E-state index in [1.807, 2.05) is 31.2 Å². The normalized spacial score (nSPS) is 14.1. The molecular weight excluding hydrogens is 376 g/mol. The summed E-state index contributed by atoms with van der Waals surface area (Å²) in [7, 11) is -1.92. The molecule has 0 saturated carbocycles. The third-order valence-electron chi connectivity index (χ3n) is 5.13. The van der Waals surface area contributed by atoms with E-state index in [4.69, 9.17) is 0 Å². The van der Waals surface area contributed by atoms with Crippen LogP contribution in [0.15, 0.2) is 47.4 Å². The molecule has 2 heterocycles. The number of hydrogen-bond donors (Lipinski definition) is 1. The van der Waals surface area contributed by atoms with Crippen LogP contribution in [-0.4, -0.2) is 37.5 Å². The van der Waals surface area contributed by atoms with Crippen LogP contribution < -0.4 is 9.62 Å². The Balaban J connectivity index is 1.41. The van der Waals surface area contributed by atoms with Gasteiger partial charge in [0.1, 0.15) is 5.82 Å². The molecule has 1 aromatic heterocycles. The van der Waals surface area contributed by atoms with E-state index in [0.29, 0.717) is 19.5 Å². The second kappa shape index (κ2) is 7.03. The van der Waals surface area contributed by atoms with Crippen molar-refractivity contribution in [3.8, 4) is 0 Å². The predicted molar refractivity (Wildman–Crippen MR) is 108 cm³/mol. The molecule has 0 atom stereocenters. The molecule has 8 heteroatoms. The predicted octanol–water partition coefficient (Wildman–Crippen LogP) is 2.23. The van der Waals surface area contributed by atoms with E-state index in [0.717, 1.165) is 28.1 Å². The Hall–Kier alpha value is -2.71. The number of likely N-dealkylation sites (N-methyl/N-ethyl adjacent to an activating group) is 1. The third kappa shape index (κ3) is 3.29. The lowest BCUT2D eigenvalue weighted by atomic mass is 10.2. The highest BCUT2D eigenvalue weighted by atomic mass is 32.2. The molecule has 0 saturated heterocycles. The Kier molecular flexibility index (Phi) is 4.68. The molecule has 1 amide bonds. The molecule has 4 rings (SSSR count). The van der Waals surface area contributed by atoms with Crippen LogP contribution >= 0.6 is 0 Å². The molecule has 28 heavy (non-hydrogen) atoms. The van der Waals surface area contributed by atoms with Crippen molar-refractivity contribution in [2.45, 2.75) is 31.2 Å². The van der Waals surface area contributed by atoms with Crippen LogP contribution in [-0.2, 0) is 27.8 Å². The van der Waals surface area contributed by atoms with Crippen LogP contribution in [0.1, 0.15) is 17.8 Å². The number of aryl methyl sites for hydroxylation is 2. The molecule has 1 N–H and O–H groups in total. The summed E-state index contributed by atoms with van der Waals surface area (Å²) in [5.41, 5.74) is 3.51. The van der Waals surface area contributed by atoms with Gasteiger partial charge in [-0.2, -0.15) is 0 Å². The number of rotatable bonds is 6. The van der Waals surface area contributed by atoms with Gasteiger partial charge in [0.2, 0.25) is 15.9 Å². The maximum atomic E-state index is 12.6. The maximum Gasteiger partial charge on any atom is 0.240 e. The van der Waals surface area contributed by atoms with Crippen molar-refractivity contribution in [2.24, 2.45) is 0 Å². The van der Waals surface area contributed by atoms with Gasteiger partial charge in [-0.1, -0.05) is 12.1 Å². The van der Waals surface area contributed by atoms with Gasteiger partial charge in [-0.05, 0) is 49.2 Å². The number of fused-ring (bicyclic) bond motifs is 2. The number of amides is 1. The number of para-hydroxylation sites is 2. The number of sulfonamides is 1. The van der Waals surface area contributed by atoms with E-state index in [-0.39, 0.29) is 17.2 Å². The number of aromatic nitrogens is 2. The van der Waals surface area contributed by atoms with Gasteiger partial charge in [0.25, 0.3) is 0 Å². The summed E-state index contributed by atoms with van der Waals surface area (Å²) in [6.45, 7) is 2.95. The molecule has 0 fully saturated rings. The highest BCUT2D eigenvalue weighted by molar-refractivity contribution is 7.89. The summed E-state index contributed by atoms with van der Waals surface area (Å²) in [6, 6.07) is 12.7. The van der Waals surface area contributed by atoms with Crippen molar-refractivity contribution in [1.29, 1.82) is 0 Å². The standard InChI is InChI=1S/C20H22N4O3S/c1-14-22-17-6-3-4-7-19(17)24(14)11-5-10-21-28(26,27)16-8-9-18-15(12-16)13-20(25)23(18)2/h3-4,6-9,12,21H,5,10-11,13H2,1-2H3. The van der Waals surface area contributed by atoms with E-state index in [1.54, 1.807) is 30.1 Å². The van der Waals surface area contributed by atoms with Gasteiger partial charge in [0.05, 0.1) is 22.3 Å². The van der Waals surface area contributed by atoms with Crippen molar-refractivity contribution >= 4 is 32.7 Å². The van der Waals surface area contributed by atoms with E-state index in [2.05, 4.69) is 14.3 Å². The Morgan fingerprint density at radius 3 is 2.79 bits per heavy atom. The number of carbonyl (C=O) groups excluding carboxylic acids is 1. The Labute approximate surface area is 164 Å². The van der Waals surface area contributed by atoms with Gasteiger partial charge in [-0.15, -0.1) is 0 Å². The van der Waals surface area contributed by atoms with Crippen molar-refractivity contribution < 1.29 is 13.2 Å². The zero-order chi connectivity index (χ0) is 19.9. The lowest BCUT2D eigenvalue weighted by molar-refractivity contribution is -0.117. The largest absolute Gasteiger partial charge is 0.328 e. The molecular formula is C20H22N4O3S. The Morgan fingerprint density at radius 1 is 1.18 bits per heavy atom. The molecule has 0 unspecified atom stereocenters. The van der Waals surface area contributed by atoms with Crippen LogP contribution in [0.5, 0.6) is 0 Å². The average molecular weight is 398 g/mol. The fourth-order valence-corrected chi connectivity index (χ4v) is 4.74. The van der Waals surface area contributed by atoms with E-state index >= 15 is 0 Å². The highest BCUT2D eigenvalue weighted by Crippen LogP contribution is 2.29. The monoisotopic (exact) mass is 398 g/mol. The molecule has 0 spiro atoms.